The summed E-state index contributed by atoms with van der Waals surface area (Å²) in [5, 5.41) is 5.90. The Morgan fingerprint density at radius 2 is 2.19 bits per heavy atom. The maximum atomic E-state index is 11.4. The van der Waals surface area contributed by atoms with E-state index in [2.05, 4.69) is 20.6 Å². The fourth-order valence-electron chi connectivity index (χ4n) is 1.48. The third-order valence-corrected chi connectivity index (χ3v) is 2.34. The molecule has 1 aliphatic carbocycles. The van der Waals surface area contributed by atoms with Crippen LogP contribution in [-0.2, 0) is 4.79 Å². The zero-order chi connectivity index (χ0) is 11.5. The van der Waals surface area contributed by atoms with E-state index in [9.17, 15) is 4.79 Å². The van der Waals surface area contributed by atoms with Gasteiger partial charge >= 0.3 is 0 Å². The first-order valence-electron chi connectivity index (χ1n) is 5.49. The molecular formula is C11H16N4O. The number of hydrogen-bond acceptors (Lipinski definition) is 4. The van der Waals surface area contributed by atoms with Crippen molar-refractivity contribution in [3.63, 3.8) is 0 Å². The molecule has 16 heavy (non-hydrogen) atoms. The van der Waals surface area contributed by atoms with Crippen molar-refractivity contribution in [3.8, 4) is 0 Å². The number of carbonyl (C=O) groups excluding carboxylic acids is 1. The Kier molecular flexibility index (Phi) is 3.03. The second-order valence-corrected chi connectivity index (χ2v) is 4.14. The SMILES string of the molecule is Cc1cc(NCC(=O)NC2CC2)nc(C)n1. The van der Waals surface area contributed by atoms with E-state index in [1.807, 2.05) is 19.9 Å². The fraction of sp³-hybridized carbons (Fsp3) is 0.545. The summed E-state index contributed by atoms with van der Waals surface area (Å²) in [4.78, 5) is 19.8. The number of nitrogens with zero attached hydrogens (tertiary/aromatic N) is 2. The molecule has 1 aliphatic rings. The zero-order valence-corrected chi connectivity index (χ0v) is 9.58. The molecule has 5 nitrogen and oxygen atoms in total. The molecule has 86 valence electrons. The monoisotopic (exact) mass is 220 g/mol. The van der Waals surface area contributed by atoms with E-state index in [4.69, 9.17) is 0 Å². The second-order valence-electron chi connectivity index (χ2n) is 4.14. The van der Waals surface area contributed by atoms with Crippen LogP contribution in [0.3, 0.4) is 0 Å². The Morgan fingerprint density at radius 3 is 2.81 bits per heavy atom. The van der Waals surface area contributed by atoms with Crippen LogP contribution in [0.5, 0.6) is 0 Å². The van der Waals surface area contributed by atoms with Crippen molar-refractivity contribution >= 4 is 11.7 Å². The zero-order valence-electron chi connectivity index (χ0n) is 9.58. The van der Waals surface area contributed by atoms with Gasteiger partial charge in [0.05, 0.1) is 6.54 Å². The molecule has 0 unspecified atom stereocenters. The van der Waals surface area contributed by atoms with Crippen molar-refractivity contribution in [1.82, 2.24) is 15.3 Å². The predicted molar refractivity (Wildman–Crippen MR) is 61.2 cm³/mol. The van der Waals surface area contributed by atoms with Crippen molar-refractivity contribution in [2.75, 3.05) is 11.9 Å². The highest BCUT2D eigenvalue weighted by molar-refractivity contribution is 5.80. The van der Waals surface area contributed by atoms with Crippen LogP contribution in [0, 0.1) is 13.8 Å². The van der Waals surface area contributed by atoms with Crippen molar-refractivity contribution in [2.24, 2.45) is 0 Å². The first kappa shape index (κ1) is 10.9. The van der Waals surface area contributed by atoms with Gasteiger partial charge in [-0.1, -0.05) is 0 Å². The lowest BCUT2D eigenvalue weighted by Crippen LogP contribution is -2.31. The van der Waals surface area contributed by atoms with Gasteiger partial charge in [-0.25, -0.2) is 9.97 Å². The Balaban J connectivity index is 1.85. The summed E-state index contributed by atoms with van der Waals surface area (Å²) in [5.41, 5.74) is 0.901. The molecule has 0 atom stereocenters. The van der Waals surface area contributed by atoms with Crippen molar-refractivity contribution in [3.05, 3.63) is 17.6 Å². The lowest BCUT2D eigenvalue weighted by molar-refractivity contribution is -0.119. The number of amides is 1. The second kappa shape index (κ2) is 4.47. The van der Waals surface area contributed by atoms with Crippen LogP contribution >= 0.6 is 0 Å². The molecule has 1 saturated carbocycles. The van der Waals surface area contributed by atoms with Gasteiger partial charge in [0.15, 0.2) is 0 Å². The summed E-state index contributed by atoms with van der Waals surface area (Å²) < 4.78 is 0. The number of rotatable bonds is 4. The molecular weight excluding hydrogens is 204 g/mol. The Bertz CT molecular complexity index is 381. The van der Waals surface area contributed by atoms with E-state index in [-0.39, 0.29) is 12.5 Å². The van der Waals surface area contributed by atoms with Crippen molar-refractivity contribution in [2.45, 2.75) is 32.7 Å². The van der Waals surface area contributed by atoms with Crippen LogP contribution in [0.2, 0.25) is 0 Å². The van der Waals surface area contributed by atoms with Crippen LogP contribution in [0.4, 0.5) is 5.82 Å². The van der Waals surface area contributed by atoms with E-state index < -0.39 is 0 Å². The molecule has 2 N–H and O–H groups in total. The van der Waals surface area contributed by atoms with Crippen LogP contribution < -0.4 is 10.6 Å². The average molecular weight is 220 g/mol. The third-order valence-electron chi connectivity index (χ3n) is 2.34. The van der Waals surface area contributed by atoms with E-state index in [0.717, 1.165) is 18.5 Å². The van der Waals surface area contributed by atoms with Crippen LogP contribution in [0.25, 0.3) is 0 Å². The van der Waals surface area contributed by atoms with Gasteiger partial charge in [0.25, 0.3) is 0 Å². The van der Waals surface area contributed by atoms with Crippen LogP contribution in [-0.4, -0.2) is 28.5 Å². The number of carbonyl (C=O) groups is 1. The van der Waals surface area contributed by atoms with E-state index in [1.54, 1.807) is 0 Å². The standard InChI is InChI=1S/C11H16N4O/c1-7-5-10(14-8(2)13-7)12-6-11(16)15-9-3-4-9/h5,9H,3-4,6H2,1-2H3,(H,15,16)(H,12,13,14). The molecule has 0 aromatic carbocycles. The maximum Gasteiger partial charge on any atom is 0.239 e. The van der Waals surface area contributed by atoms with Gasteiger partial charge in [-0.15, -0.1) is 0 Å². The number of aromatic nitrogens is 2. The Morgan fingerprint density at radius 1 is 1.44 bits per heavy atom. The van der Waals surface area contributed by atoms with Gasteiger partial charge in [-0.3, -0.25) is 4.79 Å². The van der Waals surface area contributed by atoms with Crippen LogP contribution in [0.1, 0.15) is 24.4 Å². The summed E-state index contributed by atoms with van der Waals surface area (Å²) in [6.07, 6.45) is 2.22. The molecule has 0 saturated heterocycles. The first-order chi connectivity index (χ1) is 7.63. The molecule has 1 amide bonds. The van der Waals surface area contributed by atoms with Gasteiger partial charge in [-0.2, -0.15) is 0 Å². The topological polar surface area (TPSA) is 66.9 Å². The fourth-order valence-corrected chi connectivity index (χ4v) is 1.48. The molecule has 1 aromatic heterocycles. The molecule has 1 fully saturated rings. The summed E-state index contributed by atoms with van der Waals surface area (Å²) in [6.45, 7) is 4.01. The van der Waals surface area contributed by atoms with Gasteiger partial charge in [0.1, 0.15) is 11.6 Å². The Hall–Kier alpha value is -1.65. The minimum Gasteiger partial charge on any atom is -0.361 e. The highest BCUT2D eigenvalue weighted by Gasteiger charge is 2.22. The number of anilines is 1. The third kappa shape index (κ3) is 3.18. The molecule has 1 heterocycles. The van der Waals surface area contributed by atoms with Crippen LogP contribution in [0.15, 0.2) is 6.07 Å². The van der Waals surface area contributed by atoms with Crippen molar-refractivity contribution in [1.29, 1.82) is 0 Å². The minimum absolute atomic E-state index is 0.0245. The number of nitrogens with one attached hydrogen (secondary N) is 2. The van der Waals surface area contributed by atoms with E-state index in [1.165, 1.54) is 0 Å². The van der Waals surface area contributed by atoms with Crippen molar-refractivity contribution < 1.29 is 4.79 Å². The molecule has 2 rings (SSSR count). The summed E-state index contributed by atoms with van der Waals surface area (Å²) >= 11 is 0. The van der Waals surface area contributed by atoms with E-state index in [0.29, 0.717) is 17.7 Å². The van der Waals surface area contributed by atoms with Gasteiger partial charge in [0, 0.05) is 17.8 Å². The molecule has 0 bridgehead atoms. The number of aryl methyl sites for hydroxylation is 2. The molecule has 1 aromatic rings. The smallest absolute Gasteiger partial charge is 0.239 e. The predicted octanol–water partition coefficient (Wildman–Crippen LogP) is 0.784. The molecule has 5 heteroatoms. The minimum atomic E-state index is 0.0245. The number of hydrogen-bond donors (Lipinski definition) is 2. The molecule has 0 aliphatic heterocycles. The van der Waals surface area contributed by atoms with Gasteiger partial charge in [-0.05, 0) is 26.7 Å². The summed E-state index contributed by atoms with van der Waals surface area (Å²) in [6, 6.07) is 2.24. The van der Waals surface area contributed by atoms with Gasteiger partial charge in [0.2, 0.25) is 5.91 Å². The highest BCUT2D eigenvalue weighted by Crippen LogP contribution is 2.18. The van der Waals surface area contributed by atoms with E-state index >= 15 is 0 Å². The largest absolute Gasteiger partial charge is 0.361 e. The lowest BCUT2D eigenvalue weighted by atomic mass is 10.4. The normalized spacial score (nSPS) is 14.6. The average Bonchev–Trinajstić information content (AvgIpc) is 2.97. The summed E-state index contributed by atoms with van der Waals surface area (Å²) in [7, 11) is 0. The maximum absolute atomic E-state index is 11.4. The lowest BCUT2D eigenvalue weighted by Gasteiger charge is -2.07. The molecule has 0 radical (unpaired) electrons. The first-order valence-corrected chi connectivity index (χ1v) is 5.49. The van der Waals surface area contributed by atoms with Gasteiger partial charge < -0.3 is 10.6 Å². The molecule has 0 spiro atoms. The Labute approximate surface area is 94.7 Å². The summed E-state index contributed by atoms with van der Waals surface area (Å²) in [5.74, 6) is 1.44. The highest BCUT2D eigenvalue weighted by atomic mass is 16.2. The quantitative estimate of drug-likeness (QED) is 0.787.